The molecule has 14 heteroatoms. The molecule has 0 bridgehead atoms. The predicted molar refractivity (Wildman–Crippen MR) is 157 cm³/mol. The van der Waals surface area contributed by atoms with Gasteiger partial charge in [0, 0.05) is 43.9 Å². The third kappa shape index (κ3) is 7.48. The van der Waals surface area contributed by atoms with Crippen LogP contribution in [-0.4, -0.2) is 71.5 Å². The Labute approximate surface area is 241 Å². The zero-order valence-electron chi connectivity index (χ0n) is 23.2. The Morgan fingerprint density at radius 2 is 2.05 bits per heavy atom. The fourth-order valence-electron chi connectivity index (χ4n) is 4.15. The summed E-state index contributed by atoms with van der Waals surface area (Å²) < 4.78 is 27.7. The zero-order chi connectivity index (χ0) is 29.2. The quantitative estimate of drug-likeness (QED) is 0.194. The molecule has 0 saturated heterocycles. The standard InChI is InChI=1S/C26H31FN10OS.CH2O/c1-4-35(8-9-38-5-2)16-20-10-24(39-34-20)33-25-26-29-13-23(37(26)14-18(3)32-25)19-11-31-36(15-19)17-30-22-6-7-28-12-21(22)27;1-2/h6-7,10-15H,4-5,8-9,16-17H2,1-3H3,(H,28,30)(H,32,33);1H2. The van der Waals surface area contributed by atoms with Crippen molar-refractivity contribution in [3.8, 4) is 11.3 Å². The topological polar surface area (TPSA) is 127 Å². The molecule has 0 aliphatic carbocycles. The molecule has 5 rings (SSSR count). The van der Waals surface area contributed by atoms with Gasteiger partial charge in [-0.25, -0.2) is 14.4 Å². The summed E-state index contributed by atoms with van der Waals surface area (Å²) in [6, 6.07) is 3.64. The van der Waals surface area contributed by atoms with E-state index < -0.39 is 5.82 Å². The minimum absolute atomic E-state index is 0.305. The number of likely N-dealkylation sites (N-methyl/N-ethyl adjacent to an activating group) is 1. The Balaban J connectivity index is 0.00000189. The maximum Gasteiger partial charge on any atom is 0.180 e. The van der Waals surface area contributed by atoms with Crippen LogP contribution >= 0.6 is 11.5 Å². The zero-order valence-corrected chi connectivity index (χ0v) is 24.1. The van der Waals surface area contributed by atoms with E-state index in [1.54, 1.807) is 23.1 Å². The van der Waals surface area contributed by atoms with Crippen LogP contribution in [0.25, 0.3) is 16.9 Å². The molecule has 0 atom stereocenters. The van der Waals surface area contributed by atoms with Crippen molar-refractivity contribution in [2.75, 3.05) is 36.9 Å². The highest BCUT2D eigenvalue weighted by Gasteiger charge is 2.15. The summed E-state index contributed by atoms with van der Waals surface area (Å²) in [5.74, 6) is 0.245. The first kappa shape index (κ1) is 29.7. The molecule has 0 radical (unpaired) electrons. The molecule has 0 spiro atoms. The molecule has 0 unspecified atom stereocenters. The number of fused-ring (bicyclic) bond motifs is 1. The first-order valence-electron chi connectivity index (χ1n) is 13.1. The van der Waals surface area contributed by atoms with Gasteiger partial charge in [0.1, 0.15) is 18.5 Å². The number of nitrogens with one attached hydrogen (secondary N) is 2. The summed E-state index contributed by atoms with van der Waals surface area (Å²) in [5, 5.41) is 11.8. The monoisotopic (exact) mass is 580 g/mol. The van der Waals surface area contributed by atoms with Crippen molar-refractivity contribution in [3.63, 3.8) is 0 Å². The van der Waals surface area contributed by atoms with Crippen molar-refractivity contribution >= 4 is 40.5 Å². The molecule has 0 amide bonds. The van der Waals surface area contributed by atoms with E-state index >= 15 is 0 Å². The Hall–Kier alpha value is -4.27. The number of anilines is 3. The lowest BCUT2D eigenvalue weighted by atomic mass is 10.3. The summed E-state index contributed by atoms with van der Waals surface area (Å²) in [6.45, 7) is 12.4. The molecule has 216 valence electrons. The fraction of sp³-hybridized carbons (Fsp3) is 0.333. The number of halogens is 1. The van der Waals surface area contributed by atoms with Crippen molar-refractivity contribution in [1.29, 1.82) is 0 Å². The van der Waals surface area contributed by atoms with E-state index in [-0.39, 0.29) is 0 Å². The van der Waals surface area contributed by atoms with Crippen LogP contribution in [0.15, 0.2) is 49.3 Å². The van der Waals surface area contributed by atoms with Gasteiger partial charge in [-0.2, -0.15) is 9.47 Å². The number of aromatic nitrogens is 7. The van der Waals surface area contributed by atoms with Crippen molar-refractivity contribution in [3.05, 3.63) is 66.5 Å². The number of aryl methyl sites for hydroxylation is 1. The molecule has 41 heavy (non-hydrogen) atoms. The minimum Gasteiger partial charge on any atom is -0.380 e. The van der Waals surface area contributed by atoms with E-state index in [0.717, 1.165) is 53.9 Å². The van der Waals surface area contributed by atoms with Gasteiger partial charge in [-0.3, -0.25) is 19.0 Å². The molecule has 5 aromatic rings. The van der Waals surface area contributed by atoms with Crippen LogP contribution in [0.4, 0.5) is 20.9 Å². The lowest BCUT2D eigenvalue weighted by Crippen LogP contribution is -2.27. The number of imidazole rings is 1. The third-order valence-corrected chi connectivity index (χ3v) is 6.88. The van der Waals surface area contributed by atoms with Gasteiger partial charge < -0.3 is 20.2 Å². The summed E-state index contributed by atoms with van der Waals surface area (Å²) in [7, 11) is 0. The summed E-state index contributed by atoms with van der Waals surface area (Å²) in [4.78, 5) is 23.4. The van der Waals surface area contributed by atoms with E-state index in [1.165, 1.54) is 23.9 Å². The average molecular weight is 581 g/mol. The second-order valence-electron chi connectivity index (χ2n) is 8.90. The van der Waals surface area contributed by atoms with Crippen molar-refractivity contribution in [1.82, 2.24) is 38.4 Å². The van der Waals surface area contributed by atoms with Crippen molar-refractivity contribution in [2.45, 2.75) is 34.0 Å². The molecule has 0 saturated carbocycles. The first-order valence-corrected chi connectivity index (χ1v) is 13.8. The second-order valence-corrected chi connectivity index (χ2v) is 9.70. The van der Waals surface area contributed by atoms with Crippen LogP contribution in [0.5, 0.6) is 0 Å². The Morgan fingerprint density at radius 1 is 1.20 bits per heavy atom. The third-order valence-electron chi connectivity index (χ3n) is 6.14. The molecule has 0 aromatic carbocycles. The highest BCUT2D eigenvalue weighted by Crippen LogP contribution is 2.28. The normalized spacial score (nSPS) is 11.0. The van der Waals surface area contributed by atoms with Gasteiger partial charge in [0.2, 0.25) is 0 Å². The molecule has 0 fully saturated rings. The molecule has 5 heterocycles. The van der Waals surface area contributed by atoms with Crippen LogP contribution in [-0.2, 0) is 22.7 Å². The van der Waals surface area contributed by atoms with Gasteiger partial charge in [-0.1, -0.05) is 6.92 Å². The van der Waals surface area contributed by atoms with Crippen LogP contribution in [0, 0.1) is 12.7 Å². The first-order chi connectivity index (χ1) is 20.0. The SMILES string of the molecule is C=O.CCOCCN(CC)Cc1cc(Nc2nc(C)cn3c(-c4cnn(CNc5ccncc5F)c4)cnc23)sn1. The average Bonchev–Trinajstić information content (AvgIpc) is 3.73. The van der Waals surface area contributed by atoms with E-state index in [0.29, 0.717) is 30.4 Å². The smallest absolute Gasteiger partial charge is 0.180 e. The van der Waals surface area contributed by atoms with Crippen molar-refractivity contribution in [2.24, 2.45) is 0 Å². The number of pyridine rings is 1. The maximum absolute atomic E-state index is 13.9. The molecule has 0 aliphatic heterocycles. The van der Waals surface area contributed by atoms with Gasteiger partial charge in [0.25, 0.3) is 0 Å². The van der Waals surface area contributed by atoms with E-state index in [1.807, 2.05) is 37.4 Å². The molecule has 2 N–H and O–H groups in total. The van der Waals surface area contributed by atoms with Gasteiger partial charge in [-0.05, 0) is 44.1 Å². The van der Waals surface area contributed by atoms with Crippen molar-refractivity contribution < 1.29 is 13.9 Å². The predicted octanol–water partition coefficient (Wildman–Crippen LogP) is 4.38. The number of carbonyl (C=O) groups excluding carboxylic acids is 1. The number of hydrogen-bond acceptors (Lipinski definition) is 11. The summed E-state index contributed by atoms with van der Waals surface area (Å²) in [6.07, 6.45) is 10.1. The molecular weight excluding hydrogens is 547 g/mol. The Bertz CT molecular complexity index is 1550. The van der Waals surface area contributed by atoms with Crippen LogP contribution < -0.4 is 10.6 Å². The fourth-order valence-corrected chi connectivity index (χ4v) is 4.81. The lowest BCUT2D eigenvalue weighted by Gasteiger charge is -2.18. The maximum atomic E-state index is 13.9. The van der Waals surface area contributed by atoms with E-state index in [2.05, 4.69) is 48.0 Å². The highest BCUT2D eigenvalue weighted by molar-refractivity contribution is 7.10. The number of ether oxygens (including phenoxy) is 1. The highest BCUT2D eigenvalue weighted by atomic mass is 32.1. The van der Waals surface area contributed by atoms with Gasteiger partial charge >= 0.3 is 0 Å². The Kier molecular flexibility index (Phi) is 10.4. The molecule has 0 aliphatic rings. The van der Waals surface area contributed by atoms with Gasteiger partial charge in [-0.15, -0.1) is 0 Å². The molecular formula is C27H33FN10O2S. The van der Waals surface area contributed by atoms with E-state index in [9.17, 15) is 4.39 Å². The van der Waals surface area contributed by atoms with Gasteiger partial charge in [0.05, 0.1) is 48.0 Å². The lowest BCUT2D eigenvalue weighted by molar-refractivity contribution is -0.0980. The molecule has 5 aromatic heterocycles. The van der Waals surface area contributed by atoms with Crippen LogP contribution in [0.3, 0.4) is 0 Å². The summed E-state index contributed by atoms with van der Waals surface area (Å²) >= 11 is 1.40. The second kappa shape index (κ2) is 14.4. The Morgan fingerprint density at radius 3 is 2.83 bits per heavy atom. The number of nitrogens with zero attached hydrogens (tertiary/aromatic N) is 8. The van der Waals surface area contributed by atoms with Gasteiger partial charge in [0.15, 0.2) is 17.3 Å². The number of rotatable bonds is 13. The minimum atomic E-state index is -0.410. The van der Waals surface area contributed by atoms with Crippen LogP contribution in [0.1, 0.15) is 25.2 Å². The van der Waals surface area contributed by atoms with Crippen LogP contribution in [0.2, 0.25) is 0 Å². The van der Waals surface area contributed by atoms with E-state index in [4.69, 9.17) is 14.5 Å². The number of carbonyl (C=O) groups is 1. The molecule has 12 nitrogen and oxygen atoms in total. The summed E-state index contributed by atoms with van der Waals surface area (Å²) in [5.41, 5.74) is 4.65. The largest absolute Gasteiger partial charge is 0.380 e. The number of hydrogen-bond donors (Lipinski definition) is 2.